The van der Waals surface area contributed by atoms with Crippen molar-refractivity contribution in [3.8, 4) is 0 Å². The quantitative estimate of drug-likeness (QED) is 0.823. The van der Waals surface area contributed by atoms with Gasteiger partial charge in [0.25, 0.3) is 0 Å². The minimum absolute atomic E-state index is 0.109. The van der Waals surface area contributed by atoms with E-state index in [1.54, 1.807) is 0 Å². The fraction of sp³-hybridized carbons (Fsp3) is 0.583. The Morgan fingerprint density at radius 2 is 2.13 bits per heavy atom. The van der Waals surface area contributed by atoms with Gasteiger partial charge in [0.1, 0.15) is 5.82 Å². The van der Waals surface area contributed by atoms with E-state index >= 15 is 0 Å². The van der Waals surface area contributed by atoms with Crippen molar-refractivity contribution >= 4 is 5.82 Å². The molecule has 0 aliphatic rings. The number of hydrogen-bond donors (Lipinski definition) is 1. The highest BCUT2D eigenvalue weighted by atomic mass is 15.2. The van der Waals surface area contributed by atoms with Gasteiger partial charge >= 0.3 is 0 Å². The van der Waals surface area contributed by atoms with Crippen LogP contribution >= 0.6 is 0 Å². The summed E-state index contributed by atoms with van der Waals surface area (Å²) in [5.41, 5.74) is 8.29. The van der Waals surface area contributed by atoms with Crippen molar-refractivity contribution < 1.29 is 0 Å². The van der Waals surface area contributed by atoms with Crippen LogP contribution in [0.5, 0.6) is 0 Å². The molecule has 1 aromatic rings. The maximum absolute atomic E-state index is 5.97. The zero-order valence-electron chi connectivity index (χ0n) is 10.1. The molecule has 0 aliphatic carbocycles. The predicted molar refractivity (Wildman–Crippen MR) is 65.1 cm³/mol. The number of anilines is 1. The molecule has 15 heavy (non-hydrogen) atoms. The van der Waals surface area contributed by atoms with E-state index in [1.165, 1.54) is 5.56 Å². The Hall–Kier alpha value is -1.09. The first kappa shape index (κ1) is 12.0. The molecule has 0 aromatic carbocycles. The zero-order chi connectivity index (χ0) is 11.4. The van der Waals surface area contributed by atoms with Crippen molar-refractivity contribution in [2.24, 2.45) is 5.73 Å². The first-order chi connectivity index (χ1) is 7.10. The average molecular weight is 207 g/mol. The third kappa shape index (κ3) is 2.69. The summed E-state index contributed by atoms with van der Waals surface area (Å²) in [7, 11) is 2.05. The van der Waals surface area contributed by atoms with Crippen molar-refractivity contribution in [2.45, 2.75) is 33.2 Å². The van der Waals surface area contributed by atoms with E-state index in [2.05, 4.69) is 43.8 Å². The van der Waals surface area contributed by atoms with Gasteiger partial charge in [0.05, 0.1) is 0 Å². The molecule has 1 rings (SSSR count). The summed E-state index contributed by atoms with van der Waals surface area (Å²) in [6.07, 6.45) is 2.84. The lowest BCUT2D eigenvalue weighted by atomic mass is 10.1. The molecule has 2 N–H and O–H groups in total. The van der Waals surface area contributed by atoms with E-state index in [1.807, 2.05) is 6.20 Å². The molecule has 0 spiro atoms. The first-order valence-electron chi connectivity index (χ1n) is 5.53. The van der Waals surface area contributed by atoms with E-state index < -0.39 is 0 Å². The van der Waals surface area contributed by atoms with Gasteiger partial charge in [-0.15, -0.1) is 0 Å². The second-order valence-electron chi connectivity index (χ2n) is 3.94. The fourth-order valence-corrected chi connectivity index (χ4v) is 1.58. The molecule has 1 aromatic heterocycles. The molecular formula is C12H21N3. The lowest BCUT2D eigenvalue weighted by molar-refractivity contribution is 0.694. The molecular weight excluding hydrogens is 186 g/mol. The Balaban J connectivity index is 2.97. The van der Waals surface area contributed by atoms with Crippen LogP contribution in [0.4, 0.5) is 5.82 Å². The largest absolute Gasteiger partial charge is 0.360 e. The average Bonchev–Trinajstić information content (AvgIpc) is 2.26. The number of nitrogens with two attached hydrogens (primary N) is 1. The van der Waals surface area contributed by atoms with Crippen LogP contribution in [0.3, 0.4) is 0 Å². The van der Waals surface area contributed by atoms with E-state index in [-0.39, 0.29) is 6.04 Å². The van der Waals surface area contributed by atoms with Crippen LogP contribution in [0.2, 0.25) is 0 Å². The molecule has 0 fully saturated rings. The maximum Gasteiger partial charge on any atom is 0.131 e. The van der Waals surface area contributed by atoms with Gasteiger partial charge in [-0.1, -0.05) is 6.92 Å². The summed E-state index contributed by atoms with van der Waals surface area (Å²) in [4.78, 5) is 6.60. The Kier molecular flexibility index (Phi) is 4.09. The molecule has 3 nitrogen and oxygen atoms in total. The van der Waals surface area contributed by atoms with Crippen LogP contribution < -0.4 is 10.6 Å². The number of hydrogen-bond acceptors (Lipinski definition) is 3. The Morgan fingerprint density at radius 1 is 1.47 bits per heavy atom. The van der Waals surface area contributed by atoms with Crippen molar-refractivity contribution in [3.05, 3.63) is 23.4 Å². The minimum atomic E-state index is 0.109. The zero-order valence-corrected chi connectivity index (χ0v) is 10.1. The second-order valence-corrected chi connectivity index (χ2v) is 3.94. The lowest BCUT2D eigenvalue weighted by Gasteiger charge is -2.19. The lowest BCUT2D eigenvalue weighted by Crippen LogP contribution is -2.19. The number of rotatable bonds is 4. The monoisotopic (exact) mass is 207 g/mol. The third-order valence-corrected chi connectivity index (χ3v) is 2.78. The molecule has 3 heteroatoms. The van der Waals surface area contributed by atoms with Crippen LogP contribution in [-0.4, -0.2) is 18.6 Å². The molecule has 0 saturated heterocycles. The number of nitrogens with zero attached hydrogens (tertiary/aromatic N) is 2. The van der Waals surface area contributed by atoms with Gasteiger partial charge in [0.2, 0.25) is 0 Å². The van der Waals surface area contributed by atoms with Gasteiger partial charge in [-0.25, -0.2) is 4.98 Å². The van der Waals surface area contributed by atoms with Crippen LogP contribution in [0.1, 0.15) is 37.4 Å². The van der Waals surface area contributed by atoms with Crippen LogP contribution in [0, 0.1) is 6.92 Å². The number of aromatic nitrogens is 1. The van der Waals surface area contributed by atoms with E-state index in [9.17, 15) is 0 Å². The van der Waals surface area contributed by atoms with Gasteiger partial charge in [-0.05, 0) is 37.5 Å². The Morgan fingerprint density at radius 3 is 2.60 bits per heavy atom. The minimum Gasteiger partial charge on any atom is -0.360 e. The summed E-state index contributed by atoms with van der Waals surface area (Å²) >= 11 is 0. The summed E-state index contributed by atoms with van der Waals surface area (Å²) in [6, 6.07) is 2.25. The van der Waals surface area contributed by atoms with Crippen LogP contribution in [0.25, 0.3) is 0 Å². The highest BCUT2D eigenvalue weighted by molar-refractivity contribution is 5.46. The molecule has 0 radical (unpaired) electrons. The maximum atomic E-state index is 5.97. The molecule has 1 heterocycles. The number of aryl methyl sites for hydroxylation is 1. The van der Waals surface area contributed by atoms with Gasteiger partial charge < -0.3 is 10.6 Å². The molecule has 0 amide bonds. The molecule has 84 valence electrons. The predicted octanol–water partition coefficient (Wildman–Crippen LogP) is 2.26. The number of pyridine rings is 1. The van der Waals surface area contributed by atoms with Crippen molar-refractivity contribution in [1.82, 2.24) is 4.98 Å². The summed E-state index contributed by atoms with van der Waals surface area (Å²) in [5, 5.41) is 0. The van der Waals surface area contributed by atoms with Crippen molar-refractivity contribution in [1.29, 1.82) is 0 Å². The topological polar surface area (TPSA) is 42.1 Å². The van der Waals surface area contributed by atoms with Crippen molar-refractivity contribution in [2.75, 3.05) is 18.5 Å². The Bertz CT molecular complexity index is 323. The van der Waals surface area contributed by atoms with Crippen LogP contribution in [0.15, 0.2) is 12.3 Å². The summed E-state index contributed by atoms with van der Waals surface area (Å²) in [5.74, 6) is 1.05. The normalized spacial score (nSPS) is 12.6. The van der Waals surface area contributed by atoms with E-state index in [4.69, 9.17) is 5.73 Å². The smallest absolute Gasteiger partial charge is 0.131 e. The highest BCUT2D eigenvalue weighted by Crippen LogP contribution is 2.20. The first-order valence-corrected chi connectivity index (χ1v) is 5.53. The van der Waals surface area contributed by atoms with Gasteiger partial charge in [0, 0.05) is 25.8 Å². The van der Waals surface area contributed by atoms with Gasteiger partial charge in [-0.2, -0.15) is 0 Å². The summed E-state index contributed by atoms with van der Waals surface area (Å²) < 4.78 is 0. The Labute approximate surface area is 92.3 Å². The third-order valence-electron chi connectivity index (χ3n) is 2.78. The fourth-order valence-electron chi connectivity index (χ4n) is 1.58. The molecule has 0 saturated carbocycles. The van der Waals surface area contributed by atoms with E-state index in [0.29, 0.717) is 0 Å². The van der Waals surface area contributed by atoms with Crippen LogP contribution in [-0.2, 0) is 0 Å². The molecule has 0 aliphatic heterocycles. The SMILES string of the molecule is CC[C@H](N)c1cnc(N(C)CC)c(C)c1. The highest BCUT2D eigenvalue weighted by Gasteiger charge is 2.08. The van der Waals surface area contributed by atoms with E-state index in [0.717, 1.165) is 24.3 Å². The van der Waals surface area contributed by atoms with Gasteiger partial charge in [0.15, 0.2) is 0 Å². The molecule has 0 bridgehead atoms. The standard InChI is InChI=1S/C12H21N3/c1-5-11(13)10-7-9(3)12(14-8-10)15(4)6-2/h7-8,11H,5-6,13H2,1-4H3/t11-/m0/s1. The van der Waals surface area contributed by atoms with Crippen molar-refractivity contribution in [3.63, 3.8) is 0 Å². The van der Waals surface area contributed by atoms with Gasteiger partial charge in [-0.3, -0.25) is 0 Å². The summed E-state index contributed by atoms with van der Waals surface area (Å²) in [6.45, 7) is 7.26. The molecule has 1 atom stereocenters. The second kappa shape index (κ2) is 5.12. The molecule has 0 unspecified atom stereocenters.